The standard InChI is InChI=1S/C22H30N8/c1-28-10-12-29(13-11-28)17-6-8-18(9-7-17)30-22-19(21(24)25-14-26-22)20(27-30)15-2-4-16(23)5-3-15/h2-5,14,17-18H,6-13,23H2,1H3,(H2,24,25,26). The smallest absolute Gasteiger partial charge is 0.164 e. The first-order valence-corrected chi connectivity index (χ1v) is 10.9. The van der Waals surface area contributed by atoms with Gasteiger partial charge in [0.05, 0.1) is 11.4 Å². The normalized spacial score (nSPS) is 23.8. The fraction of sp³-hybridized carbons (Fsp3) is 0.500. The molecule has 0 atom stereocenters. The van der Waals surface area contributed by atoms with Crippen LogP contribution in [0.4, 0.5) is 11.5 Å². The quantitative estimate of drug-likeness (QED) is 0.644. The molecule has 3 heterocycles. The number of fused-ring (bicyclic) bond motifs is 1. The number of aromatic nitrogens is 4. The molecule has 30 heavy (non-hydrogen) atoms. The van der Waals surface area contributed by atoms with Gasteiger partial charge in [-0.05, 0) is 44.9 Å². The zero-order chi connectivity index (χ0) is 20.7. The molecule has 2 aliphatic rings. The number of likely N-dealkylation sites (N-methyl/N-ethyl adjacent to an activating group) is 1. The average molecular weight is 407 g/mol. The highest BCUT2D eigenvalue weighted by Crippen LogP contribution is 2.37. The Morgan fingerprint density at radius 1 is 0.867 bits per heavy atom. The van der Waals surface area contributed by atoms with Crippen molar-refractivity contribution in [3.8, 4) is 11.3 Å². The molecule has 1 saturated carbocycles. The molecule has 0 amide bonds. The molecule has 4 N–H and O–H groups in total. The van der Waals surface area contributed by atoms with Gasteiger partial charge in [-0.2, -0.15) is 5.10 Å². The van der Waals surface area contributed by atoms with Gasteiger partial charge in [-0.3, -0.25) is 4.90 Å². The Morgan fingerprint density at radius 3 is 2.23 bits per heavy atom. The van der Waals surface area contributed by atoms with Crippen LogP contribution in [-0.4, -0.2) is 68.8 Å². The minimum Gasteiger partial charge on any atom is -0.399 e. The molecule has 1 saturated heterocycles. The number of benzene rings is 1. The van der Waals surface area contributed by atoms with E-state index in [0.717, 1.165) is 40.8 Å². The molecule has 8 nitrogen and oxygen atoms in total. The van der Waals surface area contributed by atoms with Crippen molar-refractivity contribution in [1.82, 2.24) is 29.5 Å². The van der Waals surface area contributed by atoms with Gasteiger partial charge in [-0.25, -0.2) is 14.6 Å². The van der Waals surface area contributed by atoms with Crippen molar-refractivity contribution in [1.29, 1.82) is 0 Å². The minimum atomic E-state index is 0.341. The second kappa shape index (κ2) is 7.85. The number of hydrogen-bond donors (Lipinski definition) is 2. The van der Waals surface area contributed by atoms with Gasteiger partial charge >= 0.3 is 0 Å². The number of nitrogens with two attached hydrogens (primary N) is 2. The summed E-state index contributed by atoms with van der Waals surface area (Å²) in [5, 5.41) is 5.83. The van der Waals surface area contributed by atoms with Gasteiger partial charge in [0.25, 0.3) is 0 Å². The number of hydrogen-bond acceptors (Lipinski definition) is 7. The molecule has 2 aromatic heterocycles. The van der Waals surface area contributed by atoms with Gasteiger partial charge in [0, 0.05) is 43.5 Å². The molecular weight excluding hydrogens is 376 g/mol. The average Bonchev–Trinajstić information content (AvgIpc) is 3.16. The molecule has 0 radical (unpaired) electrons. The van der Waals surface area contributed by atoms with Crippen LogP contribution in [0.15, 0.2) is 30.6 Å². The van der Waals surface area contributed by atoms with Crippen molar-refractivity contribution in [2.24, 2.45) is 0 Å². The van der Waals surface area contributed by atoms with E-state index in [2.05, 4.69) is 31.5 Å². The summed E-state index contributed by atoms with van der Waals surface area (Å²) in [5.74, 6) is 0.476. The van der Waals surface area contributed by atoms with Crippen LogP contribution in [0.3, 0.4) is 0 Å². The summed E-state index contributed by atoms with van der Waals surface area (Å²) >= 11 is 0. The third kappa shape index (κ3) is 3.50. The summed E-state index contributed by atoms with van der Waals surface area (Å²) < 4.78 is 2.10. The van der Waals surface area contributed by atoms with E-state index in [4.69, 9.17) is 16.6 Å². The van der Waals surface area contributed by atoms with E-state index in [1.165, 1.54) is 39.0 Å². The van der Waals surface area contributed by atoms with E-state index >= 15 is 0 Å². The summed E-state index contributed by atoms with van der Waals surface area (Å²) in [4.78, 5) is 13.9. The van der Waals surface area contributed by atoms with E-state index in [-0.39, 0.29) is 0 Å². The van der Waals surface area contributed by atoms with Crippen molar-refractivity contribution in [3.63, 3.8) is 0 Å². The van der Waals surface area contributed by atoms with Gasteiger partial charge in [0.1, 0.15) is 17.8 Å². The predicted octanol–water partition coefficient (Wildman–Crippen LogP) is 2.39. The van der Waals surface area contributed by atoms with Crippen molar-refractivity contribution in [2.45, 2.75) is 37.8 Å². The maximum absolute atomic E-state index is 6.26. The lowest BCUT2D eigenvalue weighted by atomic mass is 9.90. The van der Waals surface area contributed by atoms with Crippen molar-refractivity contribution in [2.75, 3.05) is 44.7 Å². The SMILES string of the molecule is CN1CCN(C2CCC(n3nc(-c4ccc(N)cc4)c4c(N)ncnc43)CC2)CC1. The lowest BCUT2D eigenvalue weighted by Gasteiger charge is -2.41. The number of anilines is 2. The molecule has 1 aliphatic carbocycles. The predicted molar refractivity (Wildman–Crippen MR) is 120 cm³/mol. The summed E-state index contributed by atoms with van der Waals surface area (Å²) in [6.45, 7) is 4.71. The first-order valence-electron chi connectivity index (χ1n) is 10.9. The van der Waals surface area contributed by atoms with Crippen LogP contribution < -0.4 is 11.5 Å². The zero-order valence-corrected chi connectivity index (χ0v) is 17.5. The first kappa shape index (κ1) is 19.3. The second-order valence-corrected chi connectivity index (χ2v) is 8.67. The molecule has 0 bridgehead atoms. The van der Waals surface area contributed by atoms with Crippen LogP contribution in [0.2, 0.25) is 0 Å². The molecule has 0 unspecified atom stereocenters. The Balaban J connectivity index is 1.41. The molecule has 5 rings (SSSR count). The molecule has 1 aromatic carbocycles. The number of rotatable bonds is 3. The van der Waals surface area contributed by atoms with Crippen LogP contribution in [0.25, 0.3) is 22.3 Å². The first-order chi connectivity index (χ1) is 14.6. The third-order valence-electron chi connectivity index (χ3n) is 6.77. The lowest BCUT2D eigenvalue weighted by Crippen LogP contribution is -2.49. The topological polar surface area (TPSA) is 102 Å². The lowest BCUT2D eigenvalue weighted by molar-refractivity contribution is 0.0815. The summed E-state index contributed by atoms with van der Waals surface area (Å²) in [6, 6.07) is 8.78. The number of piperazine rings is 1. The fourth-order valence-electron chi connectivity index (χ4n) is 4.95. The summed E-state index contributed by atoms with van der Waals surface area (Å²) in [5.41, 5.74) is 15.5. The van der Waals surface area contributed by atoms with Crippen molar-refractivity contribution < 1.29 is 0 Å². The molecule has 158 valence electrons. The van der Waals surface area contributed by atoms with E-state index in [9.17, 15) is 0 Å². The second-order valence-electron chi connectivity index (χ2n) is 8.67. The molecule has 1 aliphatic heterocycles. The van der Waals surface area contributed by atoms with Crippen LogP contribution in [0.5, 0.6) is 0 Å². The molecule has 8 heteroatoms. The van der Waals surface area contributed by atoms with Gasteiger partial charge < -0.3 is 16.4 Å². The van der Waals surface area contributed by atoms with Gasteiger partial charge in [-0.15, -0.1) is 0 Å². The van der Waals surface area contributed by atoms with Gasteiger partial charge in [0.2, 0.25) is 0 Å². The van der Waals surface area contributed by atoms with Crippen molar-refractivity contribution >= 4 is 22.5 Å². The summed E-state index contributed by atoms with van der Waals surface area (Å²) in [7, 11) is 2.21. The zero-order valence-electron chi connectivity index (χ0n) is 17.5. The maximum atomic E-state index is 6.26. The Bertz CT molecular complexity index is 1010. The minimum absolute atomic E-state index is 0.341. The van der Waals surface area contributed by atoms with Crippen molar-refractivity contribution in [3.05, 3.63) is 30.6 Å². The molecule has 3 aromatic rings. The van der Waals surface area contributed by atoms with E-state index < -0.39 is 0 Å². The van der Waals surface area contributed by atoms with E-state index in [1.54, 1.807) is 6.33 Å². The highest BCUT2D eigenvalue weighted by atomic mass is 15.3. The Hall–Kier alpha value is -2.71. The van der Waals surface area contributed by atoms with E-state index in [1.807, 2.05) is 24.3 Å². The molecular formula is C22H30N8. The van der Waals surface area contributed by atoms with E-state index in [0.29, 0.717) is 17.9 Å². The Labute approximate surface area is 176 Å². The Kier molecular flexibility index (Phi) is 5.04. The van der Waals surface area contributed by atoms with Crippen LogP contribution in [0, 0.1) is 0 Å². The maximum Gasteiger partial charge on any atom is 0.164 e. The van der Waals surface area contributed by atoms with Crippen LogP contribution in [-0.2, 0) is 0 Å². The highest BCUT2D eigenvalue weighted by molar-refractivity contribution is 5.98. The molecule has 0 spiro atoms. The molecule has 2 fully saturated rings. The Morgan fingerprint density at radius 2 is 1.53 bits per heavy atom. The number of nitrogen functional groups attached to an aromatic ring is 2. The fourth-order valence-corrected chi connectivity index (χ4v) is 4.95. The van der Waals surface area contributed by atoms with Gasteiger partial charge in [-0.1, -0.05) is 12.1 Å². The van der Waals surface area contributed by atoms with Gasteiger partial charge in [0.15, 0.2) is 5.65 Å². The highest BCUT2D eigenvalue weighted by Gasteiger charge is 2.30. The third-order valence-corrected chi connectivity index (χ3v) is 6.77. The monoisotopic (exact) mass is 406 g/mol. The van der Waals surface area contributed by atoms with Crippen LogP contribution >= 0.6 is 0 Å². The largest absolute Gasteiger partial charge is 0.399 e. The summed E-state index contributed by atoms with van der Waals surface area (Å²) in [6.07, 6.45) is 6.16. The van der Waals surface area contributed by atoms with Crippen LogP contribution in [0.1, 0.15) is 31.7 Å². The number of nitrogens with zero attached hydrogens (tertiary/aromatic N) is 6.